The van der Waals surface area contributed by atoms with E-state index in [1.165, 1.54) is 0 Å². The van der Waals surface area contributed by atoms with Crippen LogP contribution in [0.1, 0.15) is 26.7 Å². The summed E-state index contributed by atoms with van der Waals surface area (Å²) in [5.41, 5.74) is -0.726. The maximum absolute atomic E-state index is 11.1. The molecule has 1 fully saturated rings. The van der Waals surface area contributed by atoms with Gasteiger partial charge < -0.3 is 10.4 Å². The van der Waals surface area contributed by atoms with E-state index in [0.29, 0.717) is 19.4 Å². The van der Waals surface area contributed by atoms with E-state index < -0.39 is 15.4 Å². The van der Waals surface area contributed by atoms with Crippen molar-refractivity contribution < 1.29 is 13.5 Å². The summed E-state index contributed by atoms with van der Waals surface area (Å²) in [6.45, 7) is 3.98. The molecule has 1 saturated heterocycles. The summed E-state index contributed by atoms with van der Waals surface area (Å²) in [5, 5.41) is 12.7. The zero-order valence-electron chi connectivity index (χ0n) is 8.78. The quantitative estimate of drug-likeness (QED) is 0.700. The summed E-state index contributed by atoms with van der Waals surface area (Å²) >= 11 is 0. The molecule has 2 N–H and O–H groups in total. The molecule has 84 valence electrons. The van der Waals surface area contributed by atoms with Gasteiger partial charge in [0.15, 0.2) is 0 Å². The van der Waals surface area contributed by atoms with Crippen molar-refractivity contribution in [1.29, 1.82) is 0 Å². The molecule has 1 heterocycles. The van der Waals surface area contributed by atoms with Crippen molar-refractivity contribution in [3.8, 4) is 0 Å². The van der Waals surface area contributed by atoms with Crippen LogP contribution in [0.15, 0.2) is 0 Å². The lowest BCUT2D eigenvalue weighted by Gasteiger charge is -2.26. The van der Waals surface area contributed by atoms with Gasteiger partial charge in [0.25, 0.3) is 0 Å². The molecular formula is C9H19NO3S. The molecule has 0 saturated carbocycles. The summed E-state index contributed by atoms with van der Waals surface area (Å²) < 4.78 is 22.2. The molecular weight excluding hydrogens is 202 g/mol. The number of hydrogen-bond acceptors (Lipinski definition) is 4. The minimum absolute atomic E-state index is 0.241. The average molecular weight is 221 g/mol. The Kier molecular flexibility index (Phi) is 3.55. The van der Waals surface area contributed by atoms with Gasteiger partial charge in [-0.05, 0) is 26.7 Å². The summed E-state index contributed by atoms with van der Waals surface area (Å²) in [4.78, 5) is 0. The Hall–Kier alpha value is -0.130. The second-order valence-electron chi connectivity index (χ2n) is 4.62. The van der Waals surface area contributed by atoms with Gasteiger partial charge in [-0.2, -0.15) is 0 Å². The molecule has 0 spiro atoms. The Balaban J connectivity index is 2.30. The third-order valence-corrected chi connectivity index (χ3v) is 4.09. The van der Waals surface area contributed by atoms with Gasteiger partial charge in [0.1, 0.15) is 9.84 Å². The summed E-state index contributed by atoms with van der Waals surface area (Å²) in [7, 11) is -2.77. The predicted octanol–water partition coefficient (Wildman–Crippen LogP) is -0.0759. The van der Waals surface area contributed by atoms with Crippen molar-refractivity contribution in [3.63, 3.8) is 0 Å². The summed E-state index contributed by atoms with van der Waals surface area (Å²) in [5.74, 6) is 0.549. The van der Waals surface area contributed by atoms with E-state index in [2.05, 4.69) is 5.32 Å². The molecule has 0 bridgehead atoms. The minimum Gasteiger partial charge on any atom is -0.389 e. The molecule has 0 aromatic heterocycles. The highest BCUT2D eigenvalue weighted by molar-refractivity contribution is 7.91. The summed E-state index contributed by atoms with van der Waals surface area (Å²) in [6.07, 6.45) is 1.33. The lowest BCUT2D eigenvalue weighted by Crippen LogP contribution is -2.44. The first kappa shape index (κ1) is 11.9. The second-order valence-corrected chi connectivity index (χ2v) is 6.92. The van der Waals surface area contributed by atoms with Crippen LogP contribution in [0.25, 0.3) is 0 Å². The van der Waals surface area contributed by atoms with E-state index in [9.17, 15) is 13.5 Å². The fourth-order valence-electron chi connectivity index (χ4n) is 1.49. The Morgan fingerprint density at radius 3 is 2.29 bits per heavy atom. The third kappa shape index (κ3) is 4.39. The van der Waals surface area contributed by atoms with E-state index >= 15 is 0 Å². The van der Waals surface area contributed by atoms with E-state index in [1.54, 1.807) is 13.8 Å². The van der Waals surface area contributed by atoms with Gasteiger partial charge >= 0.3 is 0 Å². The van der Waals surface area contributed by atoms with Crippen molar-refractivity contribution in [2.75, 3.05) is 18.1 Å². The van der Waals surface area contributed by atoms with Gasteiger partial charge in [0.05, 0.1) is 17.1 Å². The molecule has 0 radical (unpaired) electrons. The van der Waals surface area contributed by atoms with Crippen LogP contribution in [-0.4, -0.2) is 43.2 Å². The van der Waals surface area contributed by atoms with Gasteiger partial charge in [-0.3, -0.25) is 0 Å². The van der Waals surface area contributed by atoms with Crippen molar-refractivity contribution in [2.24, 2.45) is 0 Å². The molecule has 0 aliphatic carbocycles. The van der Waals surface area contributed by atoms with Crippen LogP contribution < -0.4 is 5.32 Å². The number of hydrogen-bond donors (Lipinski definition) is 2. The molecule has 1 rings (SSSR count). The lowest BCUT2D eigenvalue weighted by molar-refractivity contribution is 0.0759. The molecule has 0 aromatic carbocycles. The van der Waals surface area contributed by atoms with Gasteiger partial charge in [0, 0.05) is 12.6 Å². The molecule has 0 atom stereocenters. The first-order chi connectivity index (χ1) is 6.29. The third-order valence-electron chi connectivity index (χ3n) is 2.38. The smallest absolute Gasteiger partial charge is 0.150 e. The number of aliphatic hydroxyl groups is 1. The number of nitrogens with one attached hydrogen (secondary N) is 1. The van der Waals surface area contributed by atoms with Crippen molar-refractivity contribution >= 4 is 9.84 Å². The van der Waals surface area contributed by atoms with E-state index in [-0.39, 0.29) is 17.5 Å². The van der Waals surface area contributed by atoms with Crippen LogP contribution in [0, 0.1) is 0 Å². The van der Waals surface area contributed by atoms with E-state index in [0.717, 1.165) is 0 Å². The molecule has 0 amide bonds. The van der Waals surface area contributed by atoms with Crippen LogP contribution in [0.2, 0.25) is 0 Å². The van der Waals surface area contributed by atoms with Crippen LogP contribution in [-0.2, 0) is 9.84 Å². The fraction of sp³-hybridized carbons (Fsp3) is 1.00. The number of sulfone groups is 1. The Morgan fingerprint density at radius 1 is 1.36 bits per heavy atom. The monoisotopic (exact) mass is 221 g/mol. The minimum atomic E-state index is -2.77. The fourth-order valence-corrected chi connectivity index (χ4v) is 2.98. The molecule has 14 heavy (non-hydrogen) atoms. The number of rotatable bonds is 3. The first-order valence-corrected chi connectivity index (χ1v) is 6.77. The second kappa shape index (κ2) is 4.16. The van der Waals surface area contributed by atoms with Gasteiger partial charge in [-0.25, -0.2) is 8.42 Å². The highest BCUT2D eigenvalue weighted by Crippen LogP contribution is 2.12. The topological polar surface area (TPSA) is 66.4 Å². The standard InChI is InChI=1S/C9H19NO3S/c1-9(2,11)7-10-8-3-5-14(12,13)6-4-8/h8,10-11H,3-7H2,1-2H3. The average Bonchev–Trinajstić information content (AvgIpc) is 2.01. The lowest BCUT2D eigenvalue weighted by atomic mass is 10.1. The SMILES string of the molecule is CC(C)(O)CNC1CCS(=O)(=O)CC1. The highest BCUT2D eigenvalue weighted by atomic mass is 32.2. The van der Waals surface area contributed by atoms with Gasteiger partial charge in [-0.1, -0.05) is 0 Å². The Morgan fingerprint density at radius 2 is 1.86 bits per heavy atom. The van der Waals surface area contributed by atoms with Crippen LogP contribution in [0.4, 0.5) is 0 Å². The van der Waals surface area contributed by atoms with E-state index in [1.807, 2.05) is 0 Å². The summed E-state index contributed by atoms with van der Waals surface area (Å²) in [6, 6.07) is 0.241. The Labute approximate surface area is 85.6 Å². The van der Waals surface area contributed by atoms with Crippen molar-refractivity contribution in [3.05, 3.63) is 0 Å². The predicted molar refractivity (Wildman–Crippen MR) is 56.0 cm³/mol. The van der Waals surface area contributed by atoms with Crippen molar-refractivity contribution in [1.82, 2.24) is 5.32 Å². The van der Waals surface area contributed by atoms with Gasteiger partial charge in [0.2, 0.25) is 0 Å². The van der Waals surface area contributed by atoms with Crippen LogP contribution in [0.5, 0.6) is 0 Å². The largest absolute Gasteiger partial charge is 0.389 e. The van der Waals surface area contributed by atoms with Crippen LogP contribution >= 0.6 is 0 Å². The molecule has 0 aromatic rings. The molecule has 1 aliphatic rings. The maximum Gasteiger partial charge on any atom is 0.150 e. The highest BCUT2D eigenvalue weighted by Gasteiger charge is 2.24. The van der Waals surface area contributed by atoms with Crippen molar-refractivity contribution in [2.45, 2.75) is 38.3 Å². The van der Waals surface area contributed by atoms with Crippen LogP contribution in [0.3, 0.4) is 0 Å². The molecule has 5 heteroatoms. The first-order valence-electron chi connectivity index (χ1n) is 4.95. The zero-order valence-corrected chi connectivity index (χ0v) is 9.60. The Bertz CT molecular complexity index is 265. The zero-order chi connectivity index (χ0) is 10.8. The van der Waals surface area contributed by atoms with E-state index in [4.69, 9.17) is 0 Å². The maximum atomic E-state index is 11.1. The molecule has 4 nitrogen and oxygen atoms in total. The normalized spacial score (nSPS) is 23.6. The molecule has 0 unspecified atom stereocenters. The molecule has 1 aliphatic heterocycles. The van der Waals surface area contributed by atoms with Gasteiger partial charge in [-0.15, -0.1) is 0 Å².